The van der Waals surface area contributed by atoms with Crippen LogP contribution in [-0.4, -0.2) is 71.3 Å². The maximum absolute atomic E-state index is 14.5. The summed E-state index contributed by atoms with van der Waals surface area (Å²) in [5, 5.41) is 9.83. The standard InChI is InChI=1S/C29H35ClN2O6/c1-3-28-13-5-4-8-18-37-27(36)22(28)21-25(34)32(15-6-7-17-33)24-26(35)31(16-10-14-29(21,24)38-28)23-19(2)11-9-12-20(23)30/h5,9-14,21-22,24,33H,3-4,6-8,15-18H2,1-2H3/b13-5-/t21-,22-,24?,28+,29-/m0/s1. The number of rotatable bonds is 6. The Kier molecular flexibility index (Phi) is 7.42. The Morgan fingerprint density at radius 2 is 1.92 bits per heavy atom. The molecule has 8 nitrogen and oxygen atoms in total. The number of aliphatic hydroxyl groups is 1. The van der Waals surface area contributed by atoms with E-state index in [1.807, 2.05) is 50.3 Å². The number of halogens is 1. The molecule has 0 aromatic heterocycles. The molecule has 4 aliphatic heterocycles. The number of amides is 2. The van der Waals surface area contributed by atoms with Crippen molar-refractivity contribution in [2.75, 3.05) is 31.2 Å². The van der Waals surface area contributed by atoms with Crippen molar-refractivity contribution < 1.29 is 29.0 Å². The fourth-order valence-corrected chi connectivity index (χ4v) is 7.00. The second-order valence-corrected chi connectivity index (χ2v) is 11.0. The highest BCUT2D eigenvalue weighted by Crippen LogP contribution is 2.58. The Labute approximate surface area is 228 Å². The summed E-state index contributed by atoms with van der Waals surface area (Å²) in [4.78, 5) is 45.5. The number of esters is 1. The van der Waals surface area contributed by atoms with Crippen LogP contribution in [0.2, 0.25) is 5.02 Å². The lowest BCUT2D eigenvalue weighted by atomic mass is 9.73. The number of hydrogen-bond donors (Lipinski definition) is 1. The third kappa shape index (κ3) is 4.08. The molecule has 1 aromatic carbocycles. The third-order valence-corrected chi connectivity index (χ3v) is 8.70. The van der Waals surface area contributed by atoms with E-state index in [1.165, 1.54) is 0 Å². The maximum Gasteiger partial charge on any atom is 0.313 e. The number of carbonyl (C=O) groups is 3. The summed E-state index contributed by atoms with van der Waals surface area (Å²) in [6.07, 6.45) is 10.4. The van der Waals surface area contributed by atoms with Gasteiger partial charge < -0.3 is 24.4 Å². The van der Waals surface area contributed by atoms with Crippen LogP contribution >= 0.6 is 11.6 Å². The van der Waals surface area contributed by atoms with E-state index in [0.717, 1.165) is 12.0 Å². The first-order chi connectivity index (χ1) is 18.3. The molecule has 2 fully saturated rings. The highest BCUT2D eigenvalue weighted by molar-refractivity contribution is 6.34. The fraction of sp³-hybridized carbons (Fsp3) is 0.552. The first-order valence-corrected chi connectivity index (χ1v) is 13.9. The zero-order chi connectivity index (χ0) is 27.1. The van der Waals surface area contributed by atoms with Crippen LogP contribution in [0.25, 0.3) is 0 Å². The Morgan fingerprint density at radius 1 is 1.11 bits per heavy atom. The number of aliphatic hydroxyl groups excluding tert-OH is 1. The summed E-state index contributed by atoms with van der Waals surface area (Å²) in [7, 11) is 0. The molecule has 5 atom stereocenters. The minimum absolute atomic E-state index is 0.0186. The molecule has 1 N–H and O–H groups in total. The molecule has 0 bridgehead atoms. The molecule has 0 saturated carbocycles. The zero-order valence-electron chi connectivity index (χ0n) is 21.9. The molecular weight excluding hydrogens is 508 g/mol. The first-order valence-electron chi connectivity index (χ1n) is 13.5. The van der Waals surface area contributed by atoms with E-state index < -0.39 is 35.0 Å². The summed E-state index contributed by atoms with van der Waals surface area (Å²) < 4.78 is 12.6. The van der Waals surface area contributed by atoms with E-state index >= 15 is 0 Å². The van der Waals surface area contributed by atoms with Gasteiger partial charge in [-0.3, -0.25) is 14.4 Å². The maximum atomic E-state index is 14.5. The average Bonchev–Trinajstić information content (AvgIpc) is 3.27. The second kappa shape index (κ2) is 10.5. The number of likely N-dealkylation sites (tertiary alicyclic amines) is 1. The van der Waals surface area contributed by atoms with E-state index in [-0.39, 0.29) is 38.1 Å². The highest BCUT2D eigenvalue weighted by Gasteiger charge is 2.75. The van der Waals surface area contributed by atoms with E-state index in [9.17, 15) is 19.5 Å². The molecule has 1 unspecified atom stereocenters. The third-order valence-electron chi connectivity index (χ3n) is 8.40. The van der Waals surface area contributed by atoms with Crippen LogP contribution < -0.4 is 4.90 Å². The van der Waals surface area contributed by atoms with Crippen LogP contribution in [0.4, 0.5) is 5.69 Å². The zero-order valence-corrected chi connectivity index (χ0v) is 22.7. The topological polar surface area (TPSA) is 96.4 Å². The predicted molar refractivity (Wildman–Crippen MR) is 143 cm³/mol. The van der Waals surface area contributed by atoms with Gasteiger partial charge in [-0.2, -0.15) is 0 Å². The number of fused-ring (bicyclic) bond motifs is 2. The van der Waals surface area contributed by atoms with Gasteiger partial charge in [0.25, 0.3) is 5.91 Å². The van der Waals surface area contributed by atoms with Crippen molar-refractivity contribution >= 4 is 35.1 Å². The summed E-state index contributed by atoms with van der Waals surface area (Å²) in [5.74, 6) is -2.86. The molecule has 2 amide bonds. The van der Waals surface area contributed by atoms with E-state index in [1.54, 1.807) is 15.9 Å². The molecule has 5 rings (SSSR count). The van der Waals surface area contributed by atoms with Crippen molar-refractivity contribution in [2.45, 2.75) is 63.2 Å². The molecule has 4 heterocycles. The molecule has 2 saturated heterocycles. The van der Waals surface area contributed by atoms with Crippen LogP contribution in [0.5, 0.6) is 0 Å². The number of benzene rings is 1. The van der Waals surface area contributed by atoms with Gasteiger partial charge in [0.1, 0.15) is 23.2 Å². The molecule has 0 aliphatic carbocycles. The molecule has 4 aliphatic rings. The number of para-hydroxylation sites is 1. The van der Waals surface area contributed by atoms with Gasteiger partial charge in [0.05, 0.1) is 23.2 Å². The Morgan fingerprint density at radius 3 is 2.66 bits per heavy atom. The molecule has 0 radical (unpaired) electrons. The lowest BCUT2D eigenvalue weighted by Gasteiger charge is -2.38. The molecule has 1 aromatic rings. The second-order valence-electron chi connectivity index (χ2n) is 10.6. The van der Waals surface area contributed by atoms with Gasteiger partial charge >= 0.3 is 5.97 Å². The Bertz CT molecular complexity index is 1160. The number of aryl methyl sites for hydroxylation is 1. The largest absolute Gasteiger partial charge is 0.465 e. The number of anilines is 1. The lowest BCUT2D eigenvalue weighted by molar-refractivity contribution is -0.159. The van der Waals surface area contributed by atoms with Crippen LogP contribution in [0.3, 0.4) is 0 Å². The molecule has 1 spiro atoms. The van der Waals surface area contributed by atoms with Crippen LogP contribution in [-0.2, 0) is 23.9 Å². The van der Waals surface area contributed by atoms with Crippen molar-refractivity contribution in [3.05, 3.63) is 53.1 Å². The van der Waals surface area contributed by atoms with Crippen molar-refractivity contribution in [3.63, 3.8) is 0 Å². The number of hydrogen-bond acceptors (Lipinski definition) is 6. The number of allylic oxidation sites excluding steroid dienone is 1. The smallest absolute Gasteiger partial charge is 0.313 e. The van der Waals surface area contributed by atoms with Gasteiger partial charge in [0, 0.05) is 19.7 Å². The van der Waals surface area contributed by atoms with Gasteiger partial charge in [-0.15, -0.1) is 0 Å². The van der Waals surface area contributed by atoms with Gasteiger partial charge in [-0.25, -0.2) is 0 Å². The van der Waals surface area contributed by atoms with Crippen molar-refractivity contribution in [1.29, 1.82) is 0 Å². The lowest BCUT2D eigenvalue weighted by Crippen LogP contribution is -2.56. The van der Waals surface area contributed by atoms with E-state index in [4.69, 9.17) is 21.1 Å². The van der Waals surface area contributed by atoms with Gasteiger partial charge in [-0.05, 0) is 50.7 Å². The number of unbranched alkanes of at least 4 members (excludes halogenated alkanes) is 1. The quantitative estimate of drug-likeness (QED) is 0.335. The molecule has 9 heteroatoms. The number of nitrogens with zero attached hydrogens (tertiary/aromatic N) is 2. The number of ether oxygens (including phenoxy) is 2. The fourth-order valence-electron chi connectivity index (χ4n) is 6.67. The van der Waals surface area contributed by atoms with Gasteiger partial charge in [-0.1, -0.05) is 55.0 Å². The van der Waals surface area contributed by atoms with E-state index in [2.05, 4.69) is 0 Å². The SMILES string of the molecule is CC[C@@]12/C=C\CCCOC(=O)[C@@H]1[C@H]1C(=O)N(CCCCO)C3C(=O)N(c4c(C)cccc4Cl)CC=C[C@@]31O2. The number of cyclic esters (lactones) is 1. The molecule has 38 heavy (non-hydrogen) atoms. The van der Waals surface area contributed by atoms with Crippen LogP contribution in [0.1, 0.15) is 44.6 Å². The van der Waals surface area contributed by atoms with Gasteiger partial charge in [0.2, 0.25) is 5.91 Å². The Hall–Kier alpha value is -2.68. The predicted octanol–water partition coefficient (Wildman–Crippen LogP) is 3.58. The summed E-state index contributed by atoms with van der Waals surface area (Å²) in [6.45, 7) is 4.59. The van der Waals surface area contributed by atoms with Gasteiger partial charge in [0.15, 0.2) is 0 Å². The van der Waals surface area contributed by atoms with E-state index in [0.29, 0.717) is 36.4 Å². The van der Waals surface area contributed by atoms with Crippen LogP contribution in [0.15, 0.2) is 42.5 Å². The van der Waals surface area contributed by atoms with Crippen molar-refractivity contribution in [1.82, 2.24) is 4.90 Å². The minimum atomic E-state index is -1.35. The molecular formula is C29H35ClN2O6. The average molecular weight is 543 g/mol. The summed E-state index contributed by atoms with van der Waals surface area (Å²) in [6, 6.07) is 4.48. The highest BCUT2D eigenvalue weighted by atomic mass is 35.5. The monoisotopic (exact) mass is 542 g/mol. The first kappa shape index (κ1) is 26.9. The number of carbonyl (C=O) groups excluding carboxylic acids is 3. The summed E-state index contributed by atoms with van der Waals surface area (Å²) >= 11 is 6.59. The van der Waals surface area contributed by atoms with Crippen molar-refractivity contribution in [2.24, 2.45) is 11.8 Å². The molecule has 204 valence electrons. The minimum Gasteiger partial charge on any atom is -0.465 e. The van der Waals surface area contributed by atoms with Crippen molar-refractivity contribution in [3.8, 4) is 0 Å². The Balaban J connectivity index is 1.66. The van der Waals surface area contributed by atoms with Crippen LogP contribution in [0, 0.1) is 18.8 Å². The summed E-state index contributed by atoms with van der Waals surface area (Å²) in [5.41, 5.74) is -0.987. The normalized spacial score (nSPS) is 33.6.